The molecular weight excluding hydrogens is 258 g/mol. The predicted octanol–water partition coefficient (Wildman–Crippen LogP) is 3.26. The number of likely N-dealkylation sites (N-methyl/N-ethyl adjacent to an activating group) is 1. The zero-order valence-electron chi connectivity index (χ0n) is 13.7. The lowest BCUT2D eigenvalue weighted by atomic mass is 10.0. The van der Waals surface area contributed by atoms with Crippen molar-refractivity contribution < 1.29 is 0 Å². The van der Waals surface area contributed by atoms with Crippen LogP contribution in [0.15, 0.2) is 24.4 Å². The second-order valence-electron chi connectivity index (χ2n) is 6.32. The minimum atomic E-state index is 0.668. The molecule has 1 saturated carbocycles. The summed E-state index contributed by atoms with van der Waals surface area (Å²) in [6, 6.07) is 7.56. The molecule has 1 aromatic heterocycles. The van der Waals surface area contributed by atoms with Gasteiger partial charge in [-0.2, -0.15) is 0 Å². The molecule has 3 heteroatoms. The number of hydrogen-bond donors (Lipinski definition) is 1. The highest BCUT2D eigenvalue weighted by atomic mass is 15.2. The molecule has 1 heterocycles. The third-order valence-electron chi connectivity index (χ3n) is 4.65. The molecule has 2 rings (SSSR count). The lowest BCUT2D eigenvalue weighted by Gasteiger charge is -2.34. The molecule has 0 spiro atoms. The molecule has 118 valence electrons. The Morgan fingerprint density at radius 1 is 1.24 bits per heavy atom. The molecule has 3 nitrogen and oxygen atoms in total. The van der Waals surface area contributed by atoms with Crippen LogP contribution in [0.3, 0.4) is 0 Å². The van der Waals surface area contributed by atoms with Crippen molar-refractivity contribution in [2.45, 2.75) is 64.0 Å². The topological polar surface area (TPSA) is 28.2 Å². The highest BCUT2D eigenvalue weighted by Crippen LogP contribution is 2.22. The highest BCUT2D eigenvalue weighted by molar-refractivity contribution is 5.04. The number of rotatable bonds is 7. The van der Waals surface area contributed by atoms with Crippen LogP contribution in [0.25, 0.3) is 0 Å². The fraction of sp³-hybridized carbons (Fsp3) is 0.722. The van der Waals surface area contributed by atoms with Gasteiger partial charge in [0.2, 0.25) is 0 Å². The summed E-state index contributed by atoms with van der Waals surface area (Å²) in [6.07, 6.45) is 11.0. The monoisotopic (exact) mass is 289 g/mol. The average Bonchev–Trinajstić information content (AvgIpc) is 2.77. The quantitative estimate of drug-likeness (QED) is 0.781. The van der Waals surface area contributed by atoms with Gasteiger partial charge in [0.05, 0.1) is 0 Å². The van der Waals surface area contributed by atoms with Gasteiger partial charge in [-0.1, -0.05) is 32.3 Å². The Labute approximate surface area is 130 Å². The minimum Gasteiger partial charge on any atom is -0.312 e. The first-order chi connectivity index (χ1) is 10.3. The Balaban J connectivity index is 1.88. The summed E-state index contributed by atoms with van der Waals surface area (Å²) in [6.45, 7) is 4.50. The Morgan fingerprint density at radius 3 is 2.86 bits per heavy atom. The minimum absolute atomic E-state index is 0.668. The summed E-state index contributed by atoms with van der Waals surface area (Å²) < 4.78 is 0. The summed E-state index contributed by atoms with van der Waals surface area (Å²) in [4.78, 5) is 7.00. The summed E-state index contributed by atoms with van der Waals surface area (Å²) in [5.74, 6) is 0. The second-order valence-corrected chi connectivity index (χ2v) is 6.32. The van der Waals surface area contributed by atoms with Gasteiger partial charge in [0, 0.05) is 36.9 Å². The van der Waals surface area contributed by atoms with Gasteiger partial charge >= 0.3 is 0 Å². The molecule has 2 unspecified atom stereocenters. The lowest BCUT2D eigenvalue weighted by Crippen LogP contribution is -2.48. The zero-order chi connectivity index (χ0) is 14.9. The standard InChI is InChI=1S/C18H31N3/c1-3-13-20-17-10-5-4-6-11-18(17)21(2)15-12-16-9-7-8-14-19-16/h7-9,14,17-18,20H,3-6,10-13,15H2,1-2H3. The molecular formula is C18H31N3. The van der Waals surface area contributed by atoms with Gasteiger partial charge in [-0.05, 0) is 45.0 Å². The van der Waals surface area contributed by atoms with E-state index in [0.717, 1.165) is 19.5 Å². The number of pyridine rings is 1. The molecule has 1 fully saturated rings. The molecule has 0 radical (unpaired) electrons. The van der Waals surface area contributed by atoms with Gasteiger partial charge in [-0.15, -0.1) is 0 Å². The molecule has 0 aromatic carbocycles. The molecule has 1 aliphatic carbocycles. The highest BCUT2D eigenvalue weighted by Gasteiger charge is 2.26. The molecule has 2 atom stereocenters. The maximum Gasteiger partial charge on any atom is 0.0416 e. The summed E-state index contributed by atoms with van der Waals surface area (Å²) in [7, 11) is 2.29. The van der Waals surface area contributed by atoms with Crippen LogP contribution in [0.1, 0.15) is 51.1 Å². The van der Waals surface area contributed by atoms with E-state index in [-0.39, 0.29) is 0 Å². The van der Waals surface area contributed by atoms with Crippen molar-refractivity contribution in [1.82, 2.24) is 15.2 Å². The van der Waals surface area contributed by atoms with Crippen molar-refractivity contribution >= 4 is 0 Å². The fourth-order valence-electron chi connectivity index (χ4n) is 3.39. The largest absolute Gasteiger partial charge is 0.312 e. The predicted molar refractivity (Wildman–Crippen MR) is 89.5 cm³/mol. The van der Waals surface area contributed by atoms with Crippen LogP contribution in [0, 0.1) is 0 Å². The molecule has 21 heavy (non-hydrogen) atoms. The third-order valence-corrected chi connectivity index (χ3v) is 4.65. The van der Waals surface area contributed by atoms with Crippen molar-refractivity contribution in [3.63, 3.8) is 0 Å². The Bertz CT molecular complexity index is 379. The van der Waals surface area contributed by atoms with Crippen LogP contribution in [0.2, 0.25) is 0 Å². The van der Waals surface area contributed by atoms with E-state index in [2.05, 4.69) is 41.3 Å². The van der Waals surface area contributed by atoms with Gasteiger partial charge in [-0.3, -0.25) is 4.98 Å². The third kappa shape index (κ3) is 5.40. The summed E-state index contributed by atoms with van der Waals surface area (Å²) >= 11 is 0. The van der Waals surface area contributed by atoms with Crippen molar-refractivity contribution in [3.8, 4) is 0 Å². The molecule has 0 amide bonds. The number of hydrogen-bond acceptors (Lipinski definition) is 3. The normalized spacial score (nSPS) is 23.2. The molecule has 1 aromatic rings. The number of aromatic nitrogens is 1. The van der Waals surface area contributed by atoms with Crippen LogP contribution >= 0.6 is 0 Å². The average molecular weight is 289 g/mol. The Hall–Kier alpha value is -0.930. The van der Waals surface area contributed by atoms with E-state index in [1.54, 1.807) is 0 Å². The van der Waals surface area contributed by atoms with E-state index in [4.69, 9.17) is 0 Å². The van der Waals surface area contributed by atoms with Crippen LogP contribution in [-0.4, -0.2) is 42.1 Å². The van der Waals surface area contributed by atoms with Crippen molar-refractivity contribution in [2.75, 3.05) is 20.1 Å². The van der Waals surface area contributed by atoms with E-state index in [9.17, 15) is 0 Å². The second kappa shape index (κ2) is 9.16. The van der Waals surface area contributed by atoms with Crippen LogP contribution in [0.5, 0.6) is 0 Å². The Morgan fingerprint density at radius 2 is 2.10 bits per heavy atom. The maximum atomic E-state index is 4.44. The lowest BCUT2D eigenvalue weighted by molar-refractivity contribution is 0.183. The van der Waals surface area contributed by atoms with Gasteiger partial charge < -0.3 is 10.2 Å². The molecule has 0 saturated heterocycles. The first-order valence-corrected chi connectivity index (χ1v) is 8.64. The van der Waals surface area contributed by atoms with Gasteiger partial charge in [0.25, 0.3) is 0 Å². The van der Waals surface area contributed by atoms with Crippen LogP contribution in [0.4, 0.5) is 0 Å². The smallest absolute Gasteiger partial charge is 0.0416 e. The van der Waals surface area contributed by atoms with Gasteiger partial charge in [-0.25, -0.2) is 0 Å². The van der Waals surface area contributed by atoms with Crippen LogP contribution < -0.4 is 5.32 Å². The Kier molecular flexibility index (Phi) is 7.17. The fourth-order valence-corrected chi connectivity index (χ4v) is 3.39. The number of nitrogens with one attached hydrogen (secondary N) is 1. The van der Waals surface area contributed by atoms with Crippen LogP contribution in [-0.2, 0) is 6.42 Å². The molecule has 0 bridgehead atoms. The molecule has 1 aliphatic rings. The zero-order valence-corrected chi connectivity index (χ0v) is 13.7. The first kappa shape index (κ1) is 16.4. The van der Waals surface area contributed by atoms with E-state index in [1.165, 1.54) is 44.2 Å². The summed E-state index contributed by atoms with van der Waals surface area (Å²) in [5, 5.41) is 3.78. The van der Waals surface area contributed by atoms with E-state index < -0.39 is 0 Å². The number of nitrogens with zero attached hydrogens (tertiary/aromatic N) is 2. The van der Waals surface area contributed by atoms with Crippen molar-refractivity contribution in [3.05, 3.63) is 30.1 Å². The SMILES string of the molecule is CCCNC1CCCCCC1N(C)CCc1ccccn1. The molecule has 0 aliphatic heterocycles. The summed E-state index contributed by atoms with van der Waals surface area (Å²) in [5.41, 5.74) is 1.20. The van der Waals surface area contributed by atoms with E-state index in [1.807, 2.05) is 12.3 Å². The van der Waals surface area contributed by atoms with Crippen molar-refractivity contribution in [2.24, 2.45) is 0 Å². The van der Waals surface area contributed by atoms with E-state index in [0.29, 0.717) is 12.1 Å². The van der Waals surface area contributed by atoms with Gasteiger partial charge in [0.1, 0.15) is 0 Å². The first-order valence-electron chi connectivity index (χ1n) is 8.64. The van der Waals surface area contributed by atoms with Gasteiger partial charge in [0.15, 0.2) is 0 Å². The van der Waals surface area contributed by atoms with E-state index >= 15 is 0 Å². The van der Waals surface area contributed by atoms with Crippen molar-refractivity contribution in [1.29, 1.82) is 0 Å². The maximum absolute atomic E-state index is 4.44. The molecule has 1 N–H and O–H groups in total.